The highest BCUT2D eigenvalue weighted by atomic mass is 16.6. The Morgan fingerprint density at radius 3 is 2.25 bits per heavy atom. The minimum Gasteiger partial charge on any atom is -0.437 e. The third-order valence-corrected chi connectivity index (χ3v) is 5.35. The van der Waals surface area contributed by atoms with Gasteiger partial charge in [-0.25, -0.2) is 4.79 Å². The third-order valence-electron chi connectivity index (χ3n) is 5.35. The van der Waals surface area contributed by atoms with Crippen LogP contribution in [-0.2, 0) is 11.3 Å². The first kappa shape index (κ1) is 17.2. The Bertz CT molecular complexity index is 599. The van der Waals surface area contributed by atoms with Crippen LogP contribution in [0.4, 0.5) is 4.79 Å². The lowest BCUT2D eigenvalue weighted by molar-refractivity contribution is -0.179. The van der Waals surface area contributed by atoms with Crippen molar-refractivity contribution in [1.29, 1.82) is 0 Å². The first-order valence-electron chi connectivity index (χ1n) is 8.68. The molecule has 5 heteroatoms. The summed E-state index contributed by atoms with van der Waals surface area (Å²) in [5, 5.41) is 11.2. The summed E-state index contributed by atoms with van der Waals surface area (Å²) < 4.78 is 5.75. The van der Waals surface area contributed by atoms with Crippen LogP contribution in [0.3, 0.4) is 0 Å². The molecule has 0 aromatic heterocycles. The second kappa shape index (κ2) is 5.74. The number of hydrogen-bond donors (Lipinski definition) is 1. The fourth-order valence-electron chi connectivity index (χ4n) is 4.11. The van der Waals surface area contributed by atoms with Crippen LogP contribution in [0.15, 0.2) is 30.3 Å². The van der Waals surface area contributed by atoms with Gasteiger partial charge in [0.2, 0.25) is 0 Å². The molecule has 1 spiro atoms. The highest BCUT2D eigenvalue weighted by Gasteiger charge is 2.64. The Balaban J connectivity index is 1.72. The van der Waals surface area contributed by atoms with E-state index in [-0.39, 0.29) is 0 Å². The highest BCUT2D eigenvalue weighted by Crippen LogP contribution is 2.47. The van der Waals surface area contributed by atoms with Gasteiger partial charge in [0.25, 0.3) is 0 Å². The van der Waals surface area contributed by atoms with Gasteiger partial charge in [0.05, 0.1) is 0 Å². The monoisotopic (exact) mass is 332 g/mol. The third kappa shape index (κ3) is 2.80. The van der Waals surface area contributed by atoms with Gasteiger partial charge in [-0.1, -0.05) is 30.3 Å². The standard InChI is InChI=1S/C19H28N2O3/c1-17(2,3)21-16(22)24-19(18(21,4)23)10-12-20(13-11-19)14-15-8-6-5-7-9-15/h5-9,23H,10-14H2,1-4H3. The largest absolute Gasteiger partial charge is 0.437 e. The average Bonchev–Trinajstić information content (AvgIpc) is 2.68. The van der Waals surface area contributed by atoms with Crippen LogP contribution in [0.25, 0.3) is 0 Å². The van der Waals surface area contributed by atoms with Crippen LogP contribution in [0.2, 0.25) is 0 Å². The molecule has 5 nitrogen and oxygen atoms in total. The Morgan fingerprint density at radius 1 is 1.17 bits per heavy atom. The van der Waals surface area contributed by atoms with Gasteiger partial charge in [0.1, 0.15) is 0 Å². The summed E-state index contributed by atoms with van der Waals surface area (Å²) in [6.45, 7) is 9.98. The first-order chi connectivity index (χ1) is 11.2. The number of piperidine rings is 1. The lowest BCUT2D eigenvalue weighted by Gasteiger charge is -2.47. The molecule has 1 aromatic rings. The smallest absolute Gasteiger partial charge is 0.413 e. The van der Waals surface area contributed by atoms with Crippen LogP contribution in [0.1, 0.15) is 46.1 Å². The van der Waals surface area contributed by atoms with Crippen molar-refractivity contribution in [2.45, 2.75) is 63.9 Å². The van der Waals surface area contributed by atoms with Crippen molar-refractivity contribution < 1.29 is 14.6 Å². The molecule has 0 radical (unpaired) electrons. The van der Waals surface area contributed by atoms with Gasteiger partial charge >= 0.3 is 6.09 Å². The number of likely N-dealkylation sites (tertiary alicyclic amines) is 1. The van der Waals surface area contributed by atoms with Crippen LogP contribution in [-0.4, -0.2) is 51.0 Å². The second-order valence-electron chi connectivity index (χ2n) is 8.15. The summed E-state index contributed by atoms with van der Waals surface area (Å²) in [5.41, 5.74) is -1.31. The van der Waals surface area contributed by atoms with E-state index >= 15 is 0 Å². The molecule has 1 aromatic carbocycles. The summed E-state index contributed by atoms with van der Waals surface area (Å²) >= 11 is 0. The molecule has 132 valence electrons. The average molecular weight is 332 g/mol. The molecule has 24 heavy (non-hydrogen) atoms. The molecule has 1 amide bonds. The summed E-state index contributed by atoms with van der Waals surface area (Å²) in [6.07, 6.45) is 0.875. The number of nitrogens with zero attached hydrogens (tertiary/aromatic N) is 2. The highest BCUT2D eigenvalue weighted by molar-refractivity contribution is 5.73. The number of amides is 1. The quantitative estimate of drug-likeness (QED) is 0.905. The fraction of sp³-hybridized carbons (Fsp3) is 0.632. The van der Waals surface area contributed by atoms with E-state index in [0.29, 0.717) is 12.8 Å². The summed E-state index contributed by atoms with van der Waals surface area (Å²) in [5.74, 6) is 0. The van der Waals surface area contributed by atoms with Crippen LogP contribution in [0.5, 0.6) is 0 Å². The van der Waals surface area contributed by atoms with Crippen LogP contribution < -0.4 is 0 Å². The lowest BCUT2D eigenvalue weighted by Crippen LogP contribution is -2.63. The lowest BCUT2D eigenvalue weighted by atomic mass is 9.80. The molecular formula is C19H28N2O3. The number of carbonyl (C=O) groups is 1. The van der Waals surface area contributed by atoms with Crippen LogP contribution in [0, 0.1) is 0 Å². The van der Waals surface area contributed by atoms with Crippen molar-refractivity contribution in [2.75, 3.05) is 13.1 Å². The van der Waals surface area contributed by atoms with Gasteiger partial charge in [-0.15, -0.1) is 0 Å². The Hall–Kier alpha value is -1.59. The molecule has 1 atom stereocenters. The normalized spacial score (nSPS) is 27.5. The van der Waals surface area contributed by atoms with Crippen molar-refractivity contribution in [1.82, 2.24) is 9.80 Å². The molecule has 3 rings (SSSR count). The maximum atomic E-state index is 12.4. The van der Waals surface area contributed by atoms with E-state index in [4.69, 9.17) is 4.74 Å². The predicted octanol–water partition coefficient (Wildman–Crippen LogP) is 2.98. The zero-order valence-electron chi connectivity index (χ0n) is 15.1. The molecule has 1 N–H and O–H groups in total. The second-order valence-corrected chi connectivity index (χ2v) is 8.15. The number of rotatable bonds is 2. The summed E-state index contributed by atoms with van der Waals surface area (Å²) in [6, 6.07) is 10.4. The molecular weight excluding hydrogens is 304 g/mol. The van der Waals surface area contributed by atoms with E-state index in [2.05, 4.69) is 17.0 Å². The number of benzene rings is 1. The van der Waals surface area contributed by atoms with Crippen LogP contribution >= 0.6 is 0 Å². The molecule has 0 aliphatic carbocycles. The van der Waals surface area contributed by atoms with Gasteiger partial charge in [-0.3, -0.25) is 9.80 Å². The first-order valence-corrected chi connectivity index (χ1v) is 8.68. The minimum atomic E-state index is -1.29. The fourth-order valence-corrected chi connectivity index (χ4v) is 4.11. The van der Waals surface area contributed by atoms with Gasteiger partial charge in [-0.05, 0) is 33.3 Å². The van der Waals surface area contributed by atoms with Crippen molar-refractivity contribution in [2.24, 2.45) is 0 Å². The van der Waals surface area contributed by atoms with E-state index in [1.807, 2.05) is 39.0 Å². The van der Waals surface area contributed by atoms with Gasteiger partial charge in [0, 0.05) is 38.0 Å². The number of carbonyl (C=O) groups excluding carboxylic acids is 1. The zero-order chi connectivity index (χ0) is 17.6. The van der Waals surface area contributed by atoms with Crippen molar-refractivity contribution >= 4 is 6.09 Å². The molecule has 2 heterocycles. The topological polar surface area (TPSA) is 53.0 Å². The molecule has 2 fully saturated rings. The molecule has 2 aliphatic rings. The van der Waals surface area contributed by atoms with Crippen molar-refractivity contribution in [3.8, 4) is 0 Å². The molecule has 1 unspecified atom stereocenters. The van der Waals surface area contributed by atoms with Gasteiger partial charge in [-0.2, -0.15) is 0 Å². The maximum absolute atomic E-state index is 12.4. The number of aliphatic hydroxyl groups is 1. The van der Waals surface area contributed by atoms with E-state index in [1.54, 1.807) is 6.92 Å². The molecule has 0 bridgehead atoms. The zero-order valence-corrected chi connectivity index (χ0v) is 15.1. The number of ether oxygens (including phenoxy) is 1. The van der Waals surface area contributed by atoms with Crippen molar-refractivity contribution in [3.63, 3.8) is 0 Å². The van der Waals surface area contributed by atoms with E-state index < -0.39 is 23.0 Å². The maximum Gasteiger partial charge on any atom is 0.413 e. The van der Waals surface area contributed by atoms with E-state index in [9.17, 15) is 9.90 Å². The SMILES string of the molecule is CC(C)(C)N1C(=O)OC2(CCN(Cc3ccccc3)CC2)C1(C)O. The molecule has 0 saturated carbocycles. The minimum absolute atomic E-state index is 0.413. The predicted molar refractivity (Wildman–Crippen MR) is 92.4 cm³/mol. The molecule has 2 aliphatic heterocycles. The molecule has 2 saturated heterocycles. The van der Waals surface area contributed by atoms with Gasteiger partial charge in [0.15, 0.2) is 11.3 Å². The van der Waals surface area contributed by atoms with E-state index in [1.165, 1.54) is 10.5 Å². The van der Waals surface area contributed by atoms with E-state index in [0.717, 1.165) is 19.6 Å². The van der Waals surface area contributed by atoms with Crippen molar-refractivity contribution in [3.05, 3.63) is 35.9 Å². The Kier molecular flexibility index (Phi) is 4.12. The Morgan fingerprint density at radius 2 is 1.75 bits per heavy atom. The number of hydrogen-bond acceptors (Lipinski definition) is 4. The summed E-state index contributed by atoms with van der Waals surface area (Å²) in [7, 11) is 0. The van der Waals surface area contributed by atoms with Gasteiger partial charge < -0.3 is 9.84 Å². The Labute approximate surface area is 144 Å². The summed E-state index contributed by atoms with van der Waals surface area (Å²) in [4.78, 5) is 16.3.